The summed E-state index contributed by atoms with van der Waals surface area (Å²) in [5.74, 6) is -5.85. The van der Waals surface area contributed by atoms with Crippen LogP contribution in [0.1, 0.15) is 22.6 Å². The van der Waals surface area contributed by atoms with Gasteiger partial charge in [-0.3, -0.25) is 0 Å². The summed E-state index contributed by atoms with van der Waals surface area (Å²) in [7, 11) is 0. The van der Waals surface area contributed by atoms with E-state index in [4.69, 9.17) is 4.74 Å². The summed E-state index contributed by atoms with van der Waals surface area (Å²) >= 11 is 3.36. The van der Waals surface area contributed by atoms with Gasteiger partial charge in [-0.1, -0.05) is 70.5 Å². The number of hydrogen-bond acceptors (Lipinski definition) is 1. The minimum atomic E-state index is -2.47. The highest BCUT2D eigenvalue weighted by molar-refractivity contribution is 9.08. The Morgan fingerprint density at radius 2 is 1.68 bits per heavy atom. The molecule has 0 amide bonds. The van der Waals surface area contributed by atoms with Crippen LogP contribution in [-0.2, 0) is 16.7 Å². The molecule has 0 bridgehead atoms. The maximum absolute atomic E-state index is 15.5. The minimum Gasteiger partial charge on any atom is -0.337 e. The molecule has 2 unspecified atom stereocenters. The summed E-state index contributed by atoms with van der Waals surface area (Å²) < 4.78 is 48.3. The highest BCUT2D eigenvalue weighted by Gasteiger charge is 2.42. The van der Waals surface area contributed by atoms with Crippen molar-refractivity contribution < 1.29 is 17.9 Å². The molecule has 2 aromatic rings. The van der Waals surface area contributed by atoms with Crippen LogP contribution in [0, 0.1) is 0 Å². The van der Waals surface area contributed by atoms with E-state index < -0.39 is 23.4 Å². The first-order valence-corrected chi connectivity index (χ1v) is 8.91. The quantitative estimate of drug-likeness (QED) is 0.529. The topological polar surface area (TPSA) is 9.23 Å². The zero-order chi connectivity index (χ0) is 17.9. The molecule has 1 nitrogen and oxygen atoms in total. The van der Waals surface area contributed by atoms with Gasteiger partial charge in [0.05, 0.1) is 12.5 Å². The first-order chi connectivity index (χ1) is 12.0. The molecule has 0 saturated heterocycles. The molecule has 2 atom stereocenters. The van der Waals surface area contributed by atoms with Gasteiger partial charge in [0.1, 0.15) is 0 Å². The molecule has 5 heteroatoms. The predicted octanol–water partition coefficient (Wildman–Crippen LogP) is 6.27. The SMILES string of the molecule is FC1=CC(c2ccccc2)C(F)(OCc2cccc(CBr)c2)C=C1F. The lowest BCUT2D eigenvalue weighted by atomic mass is 9.87. The van der Waals surface area contributed by atoms with Gasteiger partial charge in [-0.15, -0.1) is 0 Å². The number of allylic oxidation sites excluding steroid dienone is 2. The molecular weight excluding hydrogens is 393 g/mol. The fraction of sp³-hybridized carbons (Fsp3) is 0.200. The molecule has 25 heavy (non-hydrogen) atoms. The number of ether oxygens (including phenoxy) is 1. The number of benzene rings is 2. The van der Waals surface area contributed by atoms with Gasteiger partial charge in [-0.05, 0) is 22.8 Å². The molecule has 0 fully saturated rings. The standard InChI is InChI=1S/C20H16BrF3O/c21-12-14-5-4-6-15(9-14)13-25-20(24)11-19(23)18(22)10-17(20)16-7-2-1-3-8-16/h1-11,17H,12-13H2. The summed E-state index contributed by atoms with van der Waals surface area (Å²) in [6.45, 7) is -0.0556. The summed E-state index contributed by atoms with van der Waals surface area (Å²) in [5.41, 5.74) is 2.28. The zero-order valence-corrected chi connectivity index (χ0v) is 14.8. The predicted molar refractivity (Wildman–Crippen MR) is 95.3 cm³/mol. The summed E-state index contributed by atoms with van der Waals surface area (Å²) in [6, 6.07) is 16.0. The van der Waals surface area contributed by atoms with Gasteiger partial charge in [-0.2, -0.15) is 0 Å². The Balaban J connectivity index is 1.87. The van der Waals surface area contributed by atoms with Crippen LogP contribution in [0.4, 0.5) is 13.2 Å². The smallest absolute Gasteiger partial charge is 0.242 e. The zero-order valence-electron chi connectivity index (χ0n) is 13.3. The molecule has 3 rings (SSSR count). The number of halogens is 4. The molecule has 0 N–H and O–H groups in total. The Kier molecular flexibility index (Phi) is 5.45. The summed E-state index contributed by atoms with van der Waals surface area (Å²) in [4.78, 5) is 0. The van der Waals surface area contributed by atoms with Crippen molar-refractivity contribution in [3.63, 3.8) is 0 Å². The molecule has 0 aliphatic heterocycles. The molecule has 1 aliphatic rings. The molecule has 1 aliphatic carbocycles. The van der Waals surface area contributed by atoms with Gasteiger partial charge in [0.25, 0.3) is 0 Å². The minimum absolute atomic E-state index is 0.0556. The summed E-state index contributed by atoms with van der Waals surface area (Å²) in [5, 5.41) is 0.663. The lowest BCUT2D eigenvalue weighted by molar-refractivity contribution is -0.128. The highest BCUT2D eigenvalue weighted by atomic mass is 79.9. The number of hydrogen-bond donors (Lipinski definition) is 0. The Labute approximate surface area is 153 Å². The van der Waals surface area contributed by atoms with Crippen molar-refractivity contribution in [1.82, 2.24) is 0 Å². The van der Waals surface area contributed by atoms with Crippen LogP contribution in [0.2, 0.25) is 0 Å². The lowest BCUT2D eigenvalue weighted by Gasteiger charge is -2.32. The molecule has 0 saturated carbocycles. The van der Waals surface area contributed by atoms with E-state index in [-0.39, 0.29) is 6.61 Å². The summed E-state index contributed by atoms with van der Waals surface area (Å²) in [6.07, 6.45) is 1.51. The van der Waals surface area contributed by atoms with E-state index in [0.717, 1.165) is 17.2 Å². The van der Waals surface area contributed by atoms with Crippen LogP contribution in [0.25, 0.3) is 0 Å². The van der Waals surface area contributed by atoms with Gasteiger partial charge in [0, 0.05) is 11.4 Å². The van der Waals surface area contributed by atoms with E-state index in [1.54, 1.807) is 36.4 Å². The van der Waals surface area contributed by atoms with E-state index >= 15 is 4.39 Å². The molecule has 0 radical (unpaired) electrons. The van der Waals surface area contributed by atoms with E-state index in [1.165, 1.54) is 0 Å². The Hall–Kier alpha value is -1.85. The van der Waals surface area contributed by atoms with Crippen molar-refractivity contribution in [1.29, 1.82) is 0 Å². The van der Waals surface area contributed by atoms with Crippen molar-refractivity contribution in [2.45, 2.75) is 23.7 Å². The first-order valence-electron chi connectivity index (χ1n) is 7.79. The van der Waals surface area contributed by atoms with Gasteiger partial charge < -0.3 is 4.74 Å². The second-order valence-corrected chi connectivity index (χ2v) is 6.40. The van der Waals surface area contributed by atoms with Gasteiger partial charge >= 0.3 is 0 Å². The maximum Gasteiger partial charge on any atom is 0.242 e. The molecule has 0 spiro atoms. The second-order valence-electron chi connectivity index (χ2n) is 5.84. The van der Waals surface area contributed by atoms with E-state index in [0.29, 0.717) is 17.0 Å². The highest BCUT2D eigenvalue weighted by Crippen LogP contribution is 2.43. The second kappa shape index (κ2) is 7.58. The van der Waals surface area contributed by atoms with Crippen molar-refractivity contribution >= 4 is 15.9 Å². The normalized spacial score (nSPS) is 23.1. The average Bonchev–Trinajstić information content (AvgIpc) is 2.64. The third-order valence-corrected chi connectivity index (χ3v) is 4.70. The molecule has 2 aromatic carbocycles. The molecular formula is C20H16BrF3O. The first kappa shape index (κ1) is 18.0. The van der Waals surface area contributed by atoms with Crippen molar-refractivity contribution in [2.75, 3.05) is 0 Å². The Bertz CT molecular complexity index is 804. The van der Waals surface area contributed by atoms with Crippen LogP contribution in [0.5, 0.6) is 0 Å². The van der Waals surface area contributed by atoms with Gasteiger partial charge in [0.2, 0.25) is 5.85 Å². The van der Waals surface area contributed by atoms with Crippen molar-refractivity contribution in [2.24, 2.45) is 0 Å². The van der Waals surface area contributed by atoms with E-state index in [1.807, 2.05) is 18.2 Å². The van der Waals surface area contributed by atoms with Gasteiger partial charge in [0.15, 0.2) is 11.7 Å². The maximum atomic E-state index is 15.5. The van der Waals surface area contributed by atoms with E-state index in [9.17, 15) is 8.78 Å². The Morgan fingerprint density at radius 3 is 2.40 bits per heavy atom. The van der Waals surface area contributed by atoms with Crippen LogP contribution < -0.4 is 0 Å². The van der Waals surface area contributed by atoms with E-state index in [2.05, 4.69) is 15.9 Å². The van der Waals surface area contributed by atoms with Crippen molar-refractivity contribution in [3.8, 4) is 0 Å². The lowest BCUT2D eigenvalue weighted by Crippen LogP contribution is -2.34. The number of alkyl halides is 2. The molecule has 130 valence electrons. The van der Waals surface area contributed by atoms with Crippen LogP contribution in [0.15, 0.2) is 78.4 Å². The Morgan fingerprint density at radius 1 is 0.960 bits per heavy atom. The van der Waals surface area contributed by atoms with Crippen LogP contribution in [-0.4, -0.2) is 5.85 Å². The molecule has 0 aromatic heterocycles. The largest absolute Gasteiger partial charge is 0.337 e. The third-order valence-electron chi connectivity index (χ3n) is 4.05. The van der Waals surface area contributed by atoms with Gasteiger partial charge in [-0.25, -0.2) is 13.2 Å². The third kappa shape index (κ3) is 4.05. The average molecular weight is 409 g/mol. The van der Waals surface area contributed by atoms with Crippen LogP contribution in [0.3, 0.4) is 0 Å². The fourth-order valence-corrected chi connectivity index (χ4v) is 3.13. The fourth-order valence-electron chi connectivity index (χ4n) is 2.78. The number of rotatable bonds is 5. The van der Waals surface area contributed by atoms with Crippen molar-refractivity contribution in [3.05, 3.63) is 95.1 Å². The monoisotopic (exact) mass is 408 g/mol. The van der Waals surface area contributed by atoms with Crippen LogP contribution >= 0.6 is 15.9 Å². The molecule has 0 heterocycles.